The number of nitrogens with zero attached hydrogens (tertiary/aromatic N) is 2. The molecule has 1 unspecified atom stereocenters. The Bertz CT molecular complexity index is 3110. The summed E-state index contributed by atoms with van der Waals surface area (Å²) in [5.41, 5.74) is 14.9. The van der Waals surface area contributed by atoms with E-state index in [4.69, 9.17) is 14.4 Å². The first-order valence-corrected chi connectivity index (χ1v) is 18.8. The Hall–Kier alpha value is -7.10. The molecule has 3 heteroatoms. The van der Waals surface area contributed by atoms with Gasteiger partial charge in [-0.2, -0.15) is 0 Å². The van der Waals surface area contributed by atoms with Crippen molar-refractivity contribution in [1.82, 2.24) is 9.97 Å². The molecule has 2 aromatic heterocycles. The first-order valence-electron chi connectivity index (χ1n) is 18.8. The molecule has 0 aliphatic heterocycles. The zero-order valence-corrected chi connectivity index (χ0v) is 30.2. The van der Waals surface area contributed by atoms with E-state index in [9.17, 15) is 0 Å². The van der Waals surface area contributed by atoms with Crippen LogP contribution >= 0.6 is 0 Å². The number of rotatable bonds is 5. The molecule has 8 aromatic carbocycles. The first-order chi connectivity index (χ1) is 27.1. The van der Waals surface area contributed by atoms with Crippen molar-refractivity contribution in [3.63, 3.8) is 0 Å². The molecular weight excluding hydrogens is 669 g/mol. The molecule has 0 radical (unpaired) electrons. The number of fused-ring (bicyclic) bond motifs is 7. The minimum absolute atomic E-state index is 0.309. The zero-order valence-electron chi connectivity index (χ0n) is 30.2. The van der Waals surface area contributed by atoms with Crippen LogP contribution in [0.3, 0.4) is 0 Å². The monoisotopic (exact) mass is 702 g/mol. The normalized spacial score (nSPS) is 14.7. The van der Waals surface area contributed by atoms with Crippen LogP contribution in [0.25, 0.3) is 88.9 Å². The lowest BCUT2D eigenvalue weighted by atomic mass is 9.74. The highest BCUT2D eigenvalue weighted by Crippen LogP contribution is 2.55. The average molecular weight is 703 g/mol. The fourth-order valence-electron chi connectivity index (χ4n) is 8.97. The molecule has 2 heterocycles. The second kappa shape index (κ2) is 12.2. The molecule has 0 amide bonds. The fourth-order valence-corrected chi connectivity index (χ4v) is 8.97. The summed E-state index contributed by atoms with van der Waals surface area (Å²) in [6.45, 7) is 2.36. The minimum atomic E-state index is -0.309. The molecule has 0 fully saturated rings. The molecule has 10 aromatic rings. The highest BCUT2D eigenvalue weighted by molar-refractivity contribution is 6.20. The summed E-state index contributed by atoms with van der Waals surface area (Å²) in [5.74, 6) is 0.696. The lowest BCUT2D eigenvalue weighted by Crippen LogP contribution is -2.22. The van der Waals surface area contributed by atoms with Crippen LogP contribution in [-0.2, 0) is 5.41 Å². The van der Waals surface area contributed by atoms with E-state index in [1.54, 1.807) is 0 Å². The Labute approximate surface area is 319 Å². The van der Waals surface area contributed by atoms with Gasteiger partial charge in [-0.05, 0) is 75.3 Å². The molecule has 0 saturated heterocycles. The van der Waals surface area contributed by atoms with Crippen LogP contribution in [-0.4, -0.2) is 9.97 Å². The summed E-state index contributed by atoms with van der Waals surface area (Å²) in [6.07, 6.45) is 0. The maximum atomic E-state index is 6.45. The largest absolute Gasteiger partial charge is 0.456 e. The van der Waals surface area contributed by atoms with Gasteiger partial charge < -0.3 is 4.42 Å². The number of hydrogen-bond donors (Lipinski definition) is 0. The van der Waals surface area contributed by atoms with Crippen molar-refractivity contribution in [3.8, 4) is 56.2 Å². The summed E-state index contributed by atoms with van der Waals surface area (Å²) in [7, 11) is 0. The molecule has 1 atom stereocenters. The van der Waals surface area contributed by atoms with E-state index in [-0.39, 0.29) is 5.41 Å². The van der Waals surface area contributed by atoms with E-state index in [0.29, 0.717) is 5.82 Å². The molecule has 0 bridgehead atoms. The van der Waals surface area contributed by atoms with E-state index >= 15 is 0 Å². The van der Waals surface area contributed by atoms with Gasteiger partial charge in [0.25, 0.3) is 0 Å². The molecule has 3 nitrogen and oxygen atoms in total. The van der Waals surface area contributed by atoms with Crippen LogP contribution in [0.15, 0.2) is 192 Å². The Morgan fingerprint density at radius 1 is 0.436 bits per heavy atom. The predicted octanol–water partition coefficient (Wildman–Crippen LogP) is 13.5. The van der Waals surface area contributed by atoms with Gasteiger partial charge in [0, 0.05) is 38.4 Å². The van der Waals surface area contributed by atoms with Crippen LogP contribution in [0.1, 0.15) is 23.6 Å². The third-order valence-corrected chi connectivity index (χ3v) is 11.6. The van der Waals surface area contributed by atoms with Gasteiger partial charge in [0.2, 0.25) is 0 Å². The van der Waals surface area contributed by atoms with Gasteiger partial charge in [-0.25, -0.2) is 9.97 Å². The van der Waals surface area contributed by atoms with Crippen molar-refractivity contribution in [2.75, 3.05) is 0 Å². The number of para-hydroxylation sites is 1. The number of hydrogen-bond acceptors (Lipinski definition) is 3. The van der Waals surface area contributed by atoms with E-state index in [1.165, 1.54) is 33.2 Å². The van der Waals surface area contributed by atoms with Gasteiger partial charge >= 0.3 is 0 Å². The van der Waals surface area contributed by atoms with Gasteiger partial charge in [-0.3, -0.25) is 0 Å². The molecule has 0 N–H and O–H groups in total. The molecule has 55 heavy (non-hydrogen) atoms. The smallest absolute Gasteiger partial charge is 0.160 e. The maximum Gasteiger partial charge on any atom is 0.160 e. The topological polar surface area (TPSA) is 38.9 Å². The van der Waals surface area contributed by atoms with Crippen molar-refractivity contribution in [3.05, 3.63) is 205 Å². The van der Waals surface area contributed by atoms with Crippen molar-refractivity contribution in [2.24, 2.45) is 0 Å². The van der Waals surface area contributed by atoms with E-state index < -0.39 is 0 Å². The Morgan fingerprint density at radius 3 is 1.95 bits per heavy atom. The Balaban J connectivity index is 1.15. The summed E-state index contributed by atoms with van der Waals surface area (Å²) in [5, 5.41) is 4.57. The standard InChI is InChI=1S/C52H34N2O/c1-52(37-21-6-3-7-22-37)42-27-12-10-24-39(42)49-40(26-15-28-43(49)52)45-32-44(53-51(54-45)33-16-4-2-5-17-33)35-19-14-20-36(30-35)48-38-23-9-8-18-34(38)31-47-50(48)41-25-11-13-29-46(41)55-47/h2-32H,1H3. The Kier molecular flexibility index (Phi) is 6.99. The van der Waals surface area contributed by atoms with E-state index in [0.717, 1.165) is 66.5 Å². The molecule has 11 rings (SSSR count). The number of benzene rings is 8. The molecule has 1 aliphatic rings. The summed E-state index contributed by atoms with van der Waals surface area (Å²) >= 11 is 0. The van der Waals surface area contributed by atoms with Crippen LogP contribution < -0.4 is 0 Å². The van der Waals surface area contributed by atoms with E-state index in [1.807, 2.05) is 12.1 Å². The van der Waals surface area contributed by atoms with Gasteiger partial charge in [0.1, 0.15) is 11.2 Å². The second-order valence-electron chi connectivity index (χ2n) is 14.6. The molecular formula is C52H34N2O. The maximum absolute atomic E-state index is 6.45. The van der Waals surface area contributed by atoms with Gasteiger partial charge in [-0.1, -0.05) is 164 Å². The molecule has 1 aliphatic carbocycles. The minimum Gasteiger partial charge on any atom is -0.456 e. The number of aromatic nitrogens is 2. The lowest BCUT2D eigenvalue weighted by Gasteiger charge is -2.28. The van der Waals surface area contributed by atoms with Crippen LogP contribution in [0.5, 0.6) is 0 Å². The van der Waals surface area contributed by atoms with Crippen molar-refractivity contribution in [1.29, 1.82) is 0 Å². The lowest BCUT2D eigenvalue weighted by molar-refractivity contribution is 0.669. The van der Waals surface area contributed by atoms with Crippen LogP contribution in [0.4, 0.5) is 0 Å². The van der Waals surface area contributed by atoms with Crippen LogP contribution in [0.2, 0.25) is 0 Å². The third kappa shape index (κ3) is 4.83. The van der Waals surface area contributed by atoms with Gasteiger partial charge in [-0.15, -0.1) is 0 Å². The van der Waals surface area contributed by atoms with Gasteiger partial charge in [0.05, 0.1) is 11.4 Å². The Morgan fingerprint density at radius 2 is 1.07 bits per heavy atom. The number of furan rings is 1. The summed E-state index contributed by atoms with van der Waals surface area (Å²) < 4.78 is 6.45. The summed E-state index contributed by atoms with van der Waals surface area (Å²) in [4.78, 5) is 10.6. The summed E-state index contributed by atoms with van der Waals surface area (Å²) in [6, 6.07) is 66.8. The molecule has 0 spiro atoms. The van der Waals surface area contributed by atoms with Crippen molar-refractivity contribution in [2.45, 2.75) is 12.3 Å². The zero-order chi connectivity index (χ0) is 36.5. The average Bonchev–Trinajstić information content (AvgIpc) is 3.76. The van der Waals surface area contributed by atoms with Crippen molar-refractivity contribution < 1.29 is 4.42 Å². The second-order valence-corrected chi connectivity index (χ2v) is 14.6. The highest BCUT2D eigenvalue weighted by Gasteiger charge is 2.41. The van der Waals surface area contributed by atoms with Gasteiger partial charge in [0.15, 0.2) is 5.82 Å². The van der Waals surface area contributed by atoms with Crippen LogP contribution in [0, 0.1) is 0 Å². The third-order valence-electron chi connectivity index (χ3n) is 11.6. The predicted molar refractivity (Wildman–Crippen MR) is 226 cm³/mol. The van der Waals surface area contributed by atoms with Crippen molar-refractivity contribution >= 4 is 32.7 Å². The fraction of sp³-hybridized carbons (Fsp3) is 0.0385. The van der Waals surface area contributed by atoms with E-state index in [2.05, 4.69) is 183 Å². The molecule has 0 saturated carbocycles. The SMILES string of the molecule is CC1(c2ccccc2)c2ccccc2-c2c(-c3cc(-c4cccc(-c5c6ccccc6cc6oc7ccccc7c56)c4)nc(-c4ccccc4)n3)cccc21. The highest BCUT2D eigenvalue weighted by atomic mass is 16.3. The molecule has 258 valence electrons. The quantitative estimate of drug-likeness (QED) is 0.179. The first kappa shape index (κ1) is 31.4.